The Morgan fingerprint density at radius 2 is 1.92 bits per heavy atom. The minimum atomic E-state index is 0.326. The number of nitrogens with zero attached hydrogens (tertiary/aromatic N) is 1. The summed E-state index contributed by atoms with van der Waals surface area (Å²) >= 11 is 0. The van der Waals surface area contributed by atoms with Gasteiger partial charge in [0.05, 0.1) is 6.10 Å². The third kappa shape index (κ3) is 2.15. The molecule has 3 nitrogen and oxygen atoms in total. The van der Waals surface area contributed by atoms with E-state index in [9.17, 15) is 4.79 Å². The van der Waals surface area contributed by atoms with Crippen molar-refractivity contribution in [3.05, 3.63) is 0 Å². The van der Waals surface area contributed by atoms with E-state index in [1.54, 1.807) is 0 Å². The lowest BCUT2D eigenvalue weighted by molar-refractivity contribution is -0.164. The topological polar surface area (TPSA) is 29.5 Å². The van der Waals surface area contributed by atoms with E-state index in [4.69, 9.17) is 4.74 Å². The van der Waals surface area contributed by atoms with Gasteiger partial charge < -0.3 is 9.64 Å². The summed E-state index contributed by atoms with van der Waals surface area (Å²) in [6.45, 7) is 7.51. The number of piperidine rings is 1. The van der Waals surface area contributed by atoms with Gasteiger partial charge >= 0.3 is 0 Å². The van der Waals surface area contributed by atoms with Gasteiger partial charge in [-0.05, 0) is 73.0 Å². The Morgan fingerprint density at radius 3 is 2.62 bits per heavy atom. The molecule has 1 saturated heterocycles. The van der Waals surface area contributed by atoms with Crippen molar-refractivity contribution in [1.82, 2.24) is 4.90 Å². The van der Waals surface area contributed by atoms with Crippen molar-refractivity contribution in [2.75, 3.05) is 14.2 Å². The highest BCUT2D eigenvalue weighted by Gasteiger charge is 2.62. The van der Waals surface area contributed by atoms with E-state index < -0.39 is 0 Å². The molecule has 1 amide bonds. The van der Waals surface area contributed by atoms with E-state index in [1.807, 2.05) is 7.11 Å². The molecule has 24 heavy (non-hydrogen) atoms. The number of hydrogen-bond acceptors (Lipinski definition) is 2. The van der Waals surface area contributed by atoms with Crippen molar-refractivity contribution in [2.24, 2.45) is 34.5 Å². The number of amides is 1. The molecule has 3 saturated carbocycles. The second kappa shape index (κ2) is 5.46. The number of hydrogen-bond donors (Lipinski definition) is 0. The quantitative estimate of drug-likeness (QED) is 0.723. The lowest BCUT2D eigenvalue weighted by atomic mass is 9.45. The van der Waals surface area contributed by atoms with Crippen LogP contribution in [0.15, 0.2) is 0 Å². The summed E-state index contributed by atoms with van der Waals surface area (Å²) in [6.07, 6.45) is 8.74. The average Bonchev–Trinajstić information content (AvgIpc) is 2.90. The van der Waals surface area contributed by atoms with E-state index in [2.05, 4.69) is 32.7 Å². The zero-order valence-electron chi connectivity index (χ0n) is 16.2. The summed E-state index contributed by atoms with van der Waals surface area (Å²) in [5.74, 6) is 3.52. The second-order valence-corrected chi connectivity index (χ2v) is 10.0. The Kier molecular flexibility index (Phi) is 3.84. The standard InChI is InChI=1S/C21H35NO2/c1-13-10-17-21(3,9-7-18(23)22(17)4)15-6-8-20(2)12-14(24-5)11-16(20)19(13)15/h13-17,19H,6-12H2,1-5H3/t13?,14?,15-,16+,17?,19-,20-,21-/m1/s1. The van der Waals surface area contributed by atoms with Gasteiger partial charge in [0.2, 0.25) is 5.91 Å². The Hall–Kier alpha value is -0.570. The van der Waals surface area contributed by atoms with Crippen LogP contribution in [0.5, 0.6) is 0 Å². The monoisotopic (exact) mass is 333 g/mol. The highest BCUT2D eigenvalue weighted by atomic mass is 16.5. The first-order valence-corrected chi connectivity index (χ1v) is 10.1. The number of carbonyl (C=O) groups is 1. The highest BCUT2D eigenvalue weighted by molar-refractivity contribution is 5.77. The van der Waals surface area contributed by atoms with Crippen LogP contribution in [0.4, 0.5) is 0 Å². The molecule has 4 aliphatic rings. The van der Waals surface area contributed by atoms with Crippen LogP contribution in [0, 0.1) is 34.5 Å². The molecule has 3 unspecified atom stereocenters. The van der Waals surface area contributed by atoms with Gasteiger partial charge in [0.15, 0.2) is 0 Å². The minimum Gasteiger partial charge on any atom is -0.381 e. The van der Waals surface area contributed by atoms with Gasteiger partial charge in [-0.1, -0.05) is 20.8 Å². The minimum absolute atomic E-state index is 0.326. The number of fused-ring (bicyclic) bond motifs is 5. The molecule has 0 spiro atoms. The third-order valence-corrected chi connectivity index (χ3v) is 8.99. The molecule has 1 heterocycles. The molecule has 1 aliphatic heterocycles. The van der Waals surface area contributed by atoms with Crippen LogP contribution in [-0.4, -0.2) is 37.1 Å². The van der Waals surface area contributed by atoms with E-state index in [1.165, 1.54) is 32.1 Å². The van der Waals surface area contributed by atoms with Crippen LogP contribution in [0.2, 0.25) is 0 Å². The number of ether oxygens (including phenoxy) is 1. The number of likely N-dealkylation sites (tertiary alicyclic amines) is 1. The van der Waals surface area contributed by atoms with Crippen LogP contribution in [0.1, 0.15) is 65.7 Å². The molecule has 0 aromatic heterocycles. The molecule has 0 N–H and O–H groups in total. The molecular weight excluding hydrogens is 298 g/mol. The van der Waals surface area contributed by atoms with Gasteiger partial charge in [-0.2, -0.15) is 0 Å². The normalized spacial score (nSPS) is 54.2. The Balaban J connectivity index is 1.68. The van der Waals surface area contributed by atoms with Crippen LogP contribution in [0.25, 0.3) is 0 Å². The average molecular weight is 334 g/mol. The van der Waals surface area contributed by atoms with Crippen LogP contribution in [0.3, 0.4) is 0 Å². The molecule has 0 radical (unpaired) electrons. The van der Waals surface area contributed by atoms with Gasteiger partial charge in [0.1, 0.15) is 0 Å². The van der Waals surface area contributed by atoms with E-state index in [0.29, 0.717) is 28.9 Å². The first kappa shape index (κ1) is 16.9. The SMILES string of the molecule is COC1C[C@H]2[C@@H]3C(C)CC4N(C)C(=O)CC[C@]4(C)[C@@H]3CC[C@]2(C)C1. The zero-order valence-corrected chi connectivity index (χ0v) is 16.2. The van der Waals surface area contributed by atoms with Crippen molar-refractivity contribution >= 4 is 5.91 Å². The number of methoxy groups -OCH3 is 1. The van der Waals surface area contributed by atoms with E-state index in [0.717, 1.165) is 36.5 Å². The van der Waals surface area contributed by atoms with E-state index >= 15 is 0 Å². The van der Waals surface area contributed by atoms with Gasteiger partial charge in [0, 0.05) is 26.6 Å². The first-order chi connectivity index (χ1) is 11.3. The third-order valence-electron chi connectivity index (χ3n) is 8.99. The fourth-order valence-electron chi connectivity index (χ4n) is 7.64. The highest BCUT2D eigenvalue weighted by Crippen LogP contribution is 2.66. The Morgan fingerprint density at radius 1 is 1.17 bits per heavy atom. The molecule has 3 heteroatoms. The largest absolute Gasteiger partial charge is 0.381 e. The van der Waals surface area contributed by atoms with Crippen LogP contribution < -0.4 is 0 Å². The van der Waals surface area contributed by atoms with Crippen molar-refractivity contribution in [1.29, 1.82) is 0 Å². The van der Waals surface area contributed by atoms with Crippen molar-refractivity contribution < 1.29 is 9.53 Å². The summed E-state index contributed by atoms with van der Waals surface area (Å²) in [7, 11) is 3.95. The smallest absolute Gasteiger partial charge is 0.222 e. The lowest BCUT2D eigenvalue weighted by Gasteiger charge is -2.63. The lowest BCUT2D eigenvalue weighted by Crippen LogP contribution is -2.62. The molecule has 4 rings (SSSR count). The van der Waals surface area contributed by atoms with Gasteiger partial charge in [-0.15, -0.1) is 0 Å². The van der Waals surface area contributed by atoms with Crippen molar-refractivity contribution in [3.63, 3.8) is 0 Å². The molecule has 8 atom stereocenters. The van der Waals surface area contributed by atoms with Crippen molar-refractivity contribution in [3.8, 4) is 0 Å². The molecule has 136 valence electrons. The van der Waals surface area contributed by atoms with Crippen LogP contribution >= 0.6 is 0 Å². The first-order valence-electron chi connectivity index (χ1n) is 10.1. The predicted octanol–water partition coefficient (Wildman–Crippen LogP) is 4.11. The van der Waals surface area contributed by atoms with Crippen molar-refractivity contribution in [2.45, 2.75) is 77.9 Å². The van der Waals surface area contributed by atoms with Gasteiger partial charge in [0.25, 0.3) is 0 Å². The summed E-state index contributed by atoms with van der Waals surface area (Å²) in [5.41, 5.74) is 0.808. The maximum atomic E-state index is 12.3. The maximum Gasteiger partial charge on any atom is 0.222 e. The number of rotatable bonds is 1. The Bertz CT molecular complexity index is 534. The summed E-state index contributed by atoms with van der Waals surface area (Å²) in [5, 5.41) is 0. The summed E-state index contributed by atoms with van der Waals surface area (Å²) in [4.78, 5) is 14.4. The summed E-state index contributed by atoms with van der Waals surface area (Å²) < 4.78 is 5.79. The number of carbonyl (C=O) groups excluding carboxylic acids is 1. The molecule has 0 aromatic carbocycles. The van der Waals surface area contributed by atoms with Crippen LogP contribution in [-0.2, 0) is 9.53 Å². The molecule has 3 aliphatic carbocycles. The van der Waals surface area contributed by atoms with E-state index in [-0.39, 0.29) is 0 Å². The molecule has 0 bridgehead atoms. The fraction of sp³-hybridized carbons (Fsp3) is 0.952. The molecule has 0 aromatic rings. The predicted molar refractivity (Wildman–Crippen MR) is 95.5 cm³/mol. The zero-order chi connectivity index (χ0) is 17.3. The maximum absolute atomic E-state index is 12.3. The van der Waals surface area contributed by atoms with Gasteiger partial charge in [-0.25, -0.2) is 0 Å². The summed E-state index contributed by atoms with van der Waals surface area (Å²) in [6, 6.07) is 0.457. The Labute approximate surface area is 147 Å². The second-order valence-electron chi connectivity index (χ2n) is 10.0. The van der Waals surface area contributed by atoms with Gasteiger partial charge in [-0.3, -0.25) is 4.79 Å². The fourth-order valence-corrected chi connectivity index (χ4v) is 7.64. The molecular formula is C21H35NO2. The molecule has 4 fully saturated rings.